The summed E-state index contributed by atoms with van der Waals surface area (Å²) in [6, 6.07) is -0.113. The molecule has 1 saturated heterocycles. The van der Waals surface area contributed by atoms with Crippen LogP contribution in [0.4, 0.5) is 4.79 Å². The van der Waals surface area contributed by atoms with Gasteiger partial charge < -0.3 is 14.9 Å². The second kappa shape index (κ2) is 6.78. The Morgan fingerprint density at radius 1 is 1.32 bits per heavy atom. The van der Waals surface area contributed by atoms with Gasteiger partial charge in [-0.2, -0.15) is 0 Å². The first-order valence-corrected chi connectivity index (χ1v) is 7.33. The molecule has 110 valence electrons. The molecule has 1 atom stereocenters. The van der Waals surface area contributed by atoms with E-state index in [1.165, 1.54) is 0 Å². The van der Waals surface area contributed by atoms with Crippen molar-refractivity contribution >= 4 is 12.0 Å². The topological polar surface area (TPSA) is 60.9 Å². The summed E-state index contributed by atoms with van der Waals surface area (Å²) in [6.45, 7) is 7.78. The first-order chi connectivity index (χ1) is 9.03. The number of aliphatic carboxylic acids is 1. The predicted octanol–water partition coefficient (Wildman–Crippen LogP) is 2.56. The SMILES string of the molecule is CCCCN(CC)C(=O)N1CCCC1(CC)C(=O)O. The minimum Gasteiger partial charge on any atom is -0.479 e. The van der Waals surface area contributed by atoms with E-state index >= 15 is 0 Å². The molecule has 1 fully saturated rings. The fourth-order valence-corrected chi connectivity index (χ4v) is 2.81. The van der Waals surface area contributed by atoms with Crippen LogP contribution in [0.3, 0.4) is 0 Å². The lowest BCUT2D eigenvalue weighted by molar-refractivity contribution is -0.148. The highest BCUT2D eigenvalue weighted by atomic mass is 16.4. The van der Waals surface area contributed by atoms with Gasteiger partial charge in [-0.25, -0.2) is 9.59 Å². The summed E-state index contributed by atoms with van der Waals surface area (Å²) in [7, 11) is 0. The zero-order valence-corrected chi connectivity index (χ0v) is 12.3. The molecule has 0 aliphatic carbocycles. The maximum atomic E-state index is 12.5. The van der Waals surface area contributed by atoms with Crippen molar-refractivity contribution in [3.05, 3.63) is 0 Å². The Balaban J connectivity index is 2.86. The number of rotatable bonds is 6. The van der Waals surface area contributed by atoms with E-state index in [1.807, 2.05) is 13.8 Å². The summed E-state index contributed by atoms with van der Waals surface area (Å²) in [5.74, 6) is -0.868. The molecule has 1 unspecified atom stereocenters. The van der Waals surface area contributed by atoms with Gasteiger partial charge in [0.25, 0.3) is 0 Å². The molecule has 0 aromatic rings. The molecule has 0 aromatic carbocycles. The highest BCUT2D eigenvalue weighted by molar-refractivity contribution is 5.87. The number of likely N-dealkylation sites (tertiary alicyclic amines) is 1. The second-order valence-electron chi connectivity index (χ2n) is 5.16. The average molecular weight is 270 g/mol. The lowest BCUT2D eigenvalue weighted by Gasteiger charge is -2.37. The number of urea groups is 1. The van der Waals surface area contributed by atoms with Gasteiger partial charge in [0.1, 0.15) is 5.54 Å². The van der Waals surface area contributed by atoms with Crippen molar-refractivity contribution < 1.29 is 14.7 Å². The van der Waals surface area contributed by atoms with Gasteiger partial charge in [-0.3, -0.25) is 0 Å². The van der Waals surface area contributed by atoms with Crippen molar-refractivity contribution in [2.45, 2.75) is 58.4 Å². The van der Waals surface area contributed by atoms with Crippen LogP contribution in [0, 0.1) is 0 Å². The van der Waals surface area contributed by atoms with E-state index < -0.39 is 11.5 Å². The summed E-state index contributed by atoms with van der Waals surface area (Å²) in [5, 5.41) is 9.50. The Morgan fingerprint density at radius 3 is 2.47 bits per heavy atom. The smallest absolute Gasteiger partial charge is 0.329 e. The molecular weight excluding hydrogens is 244 g/mol. The normalized spacial score (nSPS) is 22.6. The average Bonchev–Trinajstić information content (AvgIpc) is 2.84. The van der Waals surface area contributed by atoms with Gasteiger partial charge in [0.2, 0.25) is 0 Å². The van der Waals surface area contributed by atoms with Crippen molar-refractivity contribution in [1.29, 1.82) is 0 Å². The molecule has 0 aromatic heterocycles. The number of carboxylic acids is 1. The van der Waals surface area contributed by atoms with E-state index in [0.29, 0.717) is 32.5 Å². The number of unbranched alkanes of at least 4 members (excludes halogenated alkanes) is 1. The van der Waals surface area contributed by atoms with E-state index in [0.717, 1.165) is 19.3 Å². The van der Waals surface area contributed by atoms with Gasteiger partial charge in [-0.15, -0.1) is 0 Å². The van der Waals surface area contributed by atoms with Crippen LogP contribution >= 0.6 is 0 Å². The first-order valence-electron chi connectivity index (χ1n) is 7.33. The zero-order chi connectivity index (χ0) is 14.5. The highest BCUT2D eigenvalue weighted by Gasteiger charge is 2.49. The lowest BCUT2D eigenvalue weighted by atomic mass is 9.93. The van der Waals surface area contributed by atoms with Crippen LogP contribution in [-0.2, 0) is 4.79 Å². The fraction of sp³-hybridized carbons (Fsp3) is 0.857. The highest BCUT2D eigenvalue weighted by Crippen LogP contribution is 2.33. The fourth-order valence-electron chi connectivity index (χ4n) is 2.81. The Labute approximate surface area is 115 Å². The molecule has 1 N–H and O–H groups in total. The predicted molar refractivity (Wildman–Crippen MR) is 74.1 cm³/mol. The molecule has 2 amide bonds. The van der Waals surface area contributed by atoms with Crippen molar-refractivity contribution in [2.24, 2.45) is 0 Å². The zero-order valence-electron chi connectivity index (χ0n) is 12.3. The number of amides is 2. The first kappa shape index (κ1) is 15.8. The van der Waals surface area contributed by atoms with Crippen molar-refractivity contribution in [3.8, 4) is 0 Å². The number of carboxylic acid groups (broad SMARTS) is 1. The summed E-state index contributed by atoms with van der Waals surface area (Å²) in [4.78, 5) is 27.5. The second-order valence-corrected chi connectivity index (χ2v) is 5.16. The van der Waals surface area contributed by atoms with Gasteiger partial charge >= 0.3 is 12.0 Å². The van der Waals surface area contributed by atoms with E-state index in [9.17, 15) is 14.7 Å². The van der Waals surface area contributed by atoms with Gasteiger partial charge in [0, 0.05) is 19.6 Å². The molecule has 1 aliphatic rings. The lowest BCUT2D eigenvalue weighted by Crippen LogP contribution is -2.56. The third-order valence-electron chi connectivity index (χ3n) is 4.14. The third kappa shape index (κ3) is 3.01. The van der Waals surface area contributed by atoms with E-state index in [4.69, 9.17) is 0 Å². The van der Waals surface area contributed by atoms with Crippen LogP contribution in [0.2, 0.25) is 0 Å². The Kier molecular flexibility index (Phi) is 5.63. The van der Waals surface area contributed by atoms with Crippen LogP contribution < -0.4 is 0 Å². The van der Waals surface area contributed by atoms with Crippen LogP contribution in [-0.4, -0.2) is 52.1 Å². The number of carbonyl (C=O) groups is 2. The number of nitrogens with zero attached hydrogens (tertiary/aromatic N) is 2. The van der Waals surface area contributed by atoms with Crippen LogP contribution in [0.15, 0.2) is 0 Å². The van der Waals surface area contributed by atoms with Crippen molar-refractivity contribution in [1.82, 2.24) is 9.80 Å². The molecule has 5 nitrogen and oxygen atoms in total. The largest absolute Gasteiger partial charge is 0.479 e. The Bertz CT molecular complexity index is 333. The molecule has 5 heteroatoms. The quantitative estimate of drug-likeness (QED) is 0.807. The summed E-state index contributed by atoms with van der Waals surface area (Å²) >= 11 is 0. The monoisotopic (exact) mass is 270 g/mol. The number of hydrogen-bond acceptors (Lipinski definition) is 2. The van der Waals surface area contributed by atoms with Crippen LogP contribution in [0.1, 0.15) is 52.9 Å². The Morgan fingerprint density at radius 2 is 2.00 bits per heavy atom. The van der Waals surface area contributed by atoms with E-state index in [1.54, 1.807) is 9.80 Å². The standard InChI is InChI=1S/C14H26N2O3/c1-4-7-10-15(6-3)13(19)16-11-8-9-14(16,5-2)12(17)18/h4-11H2,1-3H3,(H,17,18). The minimum absolute atomic E-state index is 0.113. The molecule has 0 saturated carbocycles. The summed E-state index contributed by atoms with van der Waals surface area (Å²) in [6.07, 6.45) is 3.80. The van der Waals surface area contributed by atoms with Gasteiger partial charge in [-0.05, 0) is 32.6 Å². The van der Waals surface area contributed by atoms with Gasteiger partial charge in [0.15, 0.2) is 0 Å². The molecule has 0 radical (unpaired) electrons. The molecule has 1 aliphatic heterocycles. The minimum atomic E-state index is -0.989. The molecule has 1 heterocycles. The molecule has 0 spiro atoms. The maximum absolute atomic E-state index is 12.5. The van der Waals surface area contributed by atoms with E-state index in [-0.39, 0.29) is 6.03 Å². The van der Waals surface area contributed by atoms with Gasteiger partial charge in [-0.1, -0.05) is 20.3 Å². The molecule has 19 heavy (non-hydrogen) atoms. The van der Waals surface area contributed by atoms with Gasteiger partial charge in [0.05, 0.1) is 0 Å². The maximum Gasteiger partial charge on any atom is 0.329 e. The van der Waals surface area contributed by atoms with E-state index in [2.05, 4.69) is 6.92 Å². The number of hydrogen-bond donors (Lipinski definition) is 1. The molecule has 0 bridgehead atoms. The summed E-state index contributed by atoms with van der Waals surface area (Å²) in [5.41, 5.74) is -0.989. The van der Waals surface area contributed by atoms with Crippen LogP contribution in [0.5, 0.6) is 0 Å². The Hall–Kier alpha value is -1.26. The number of carbonyl (C=O) groups excluding carboxylic acids is 1. The molecular formula is C14H26N2O3. The van der Waals surface area contributed by atoms with Crippen molar-refractivity contribution in [2.75, 3.05) is 19.6 Å². The van der Waals surface area contributed by atoms with Crippen molar-refractivity contribution in [3.63, 3.8) is 0 Å². The summed E-state index contributed by atoms with van der Waals surface area (Å²) < 4.78 is 0. The third-order valence-corrected chi connectivity index (χ3v) is 4.14. The molecule has 1 rings (SSSR count). The van der Waals surface area contributed by atoms with Crippen LogP contribution in [0.25, 0.3) is 0 Å².